The summed E-state index contributed by atoms with van der Waals surface area (Å²) in [5.74, 6) is -0.224. The number of hydrogen-bond donors (Lipinski definition) is 2. The second kappa shape index (κ2) is 6.08. The summed E-state index contributed by atoms with van der Waals surface area (Å²) in [6.07, 6.45) is -0.146. The van der Waals surface area contributed by atoms with Gasteiger partial charge in [0.2, 0.25) is 0 Å². The number of piperidine rings is 1. The van der Waals surface area contributed by atoms with Crippen LogP contribution in [0.15, 0.2) is 33.6 Å². The molecule has 0 bridgehead atoms. The molecule has 23 heavy (non-hydrogen) atoms. The highest BCUT2D eigenvalue weighted by atomic mass is 35.5. The Morgan fingerprint density at radius 3 is 2.83 bits per heavy atom. The molecule has 2 heterocycles. The predicted octanol–water partition coefficient (Wildman–Crippen LogP) is 3.36. The van der Waals surface area contributed by atoms with Crippen LogP contribution in [0.2, 0.25) is 5.02 Å². The van der Waals surface area contributed by atoms with Crippen molar-refractivity contribution in [2.24, 2.45) is 0 Å². The van der Waals surface area contributed by atoms with Crippen molar-refractivity contribution < 1.29 is 18.8 Å². The number of aromatic nitrogens is 1. The molecular weight excluding hydrogens is 327 g/mol. The first kappa shape index (κ1) is 15.6. The summed E-state index contributed by atoms with van der Waals surface area (Å²) in [5, 5.41) is 11.6. The first-order valence-corrected chi connectivity index (χ1v) is 7.46. The molecule has 0 saturated carbocycles. The lowest BCUT2D eigenvalue weighted by Gasteiger charge is -2.37. The Kier molecular flexibility index (Phi) is 4.12. The van der Waals surface area contributed by atoms with Gasteiger partial charge in [0, 0.05) is 18.5 Å². The van der Waals surface area contributed by atoms with Crippen molar-refractivity contribution >= 4 is 17.7 Å². The van der Waals surface area contributed by atoms with Gasteiger partial charge in [0.1, 0.15) is 11.6 Å². The monoisotopic (exact) mass is 340 g/mol. The van der Waals surface area contributed by atoms with Crippen LogP contribution >= 0.6 is 11.6 Å². The summed E-state index contributed by atoms with van der Waals surface area (Å²) in [6, 6.07) is 5.10. The van der Waals surface area contributed by atoms with E-state index in [2.05, 4.69) is 5.16 Å². The van der Waals surface area contributed by atoms with E-state index in [0.29, 0.717) is 24.2 Å². The van der Waals surface area contributed by atoms with Crippen LogP contribution in [0.3, 0.4) is 0 Å². The standard InChI is InChI=1S/C15H14ClFN2O4/c16-10-2-1-8(5-11(10)17)12-6-9(3-4-19(12)15(21)22)13-7-14(20)18-23-13/h1-2,5,7,9,12H,3-4,6H2,(H,18,20)(H,21,22)/t9-,12+/m0/s1. The van der Waals surface area contributed by atoms with Crippen molar-refractivity contribution in [3.8, 4) is 0 Å². The van der Waals surface area contributed by atoms with Gasteiger partial charge in [-0.05, 0) is 30.5 Å². The maximum absolute atomic E-state index is 13.7. The first-order chi connectivity index (χ1) is 11.0. The maximum Gasteiger partial charge on any atom is 0.407 e. The van der Waals surface area contributed by atoms with Gasteiger partial charge in [-0.3, -0.25) is 4.79 Å². The SMILES string of the molecule is O=C(O)N1CC[C@H](c2cc(=O)[nH]o2)C[C@@H]1c1ccc(Cl)c(F)c1. The minimum absolute atomic E-state index is 0.0142. The van der Waals surface area contributed by atoms with Gasteiger partial charge in [-0.25, -0.2) is 9.18 Å². The van der Waals surface area contributed by atoms with Gasteiger partial charge >= 0.3 is 6.09 Å². The van der Waals surface area contributed by atoms with Crippen molar-refractivity contribution in [3.63, 3.8) is 0 Å². The van der Waals surface area contributed by atoms with Crippen LogP contribution < -0.4 is 5.56 Å². The molecule has 6 nitrogen and oxygen atoms in total. The molecule has 1 fully saturated rings. The summed E-state index contributed by atoms with van der Waals surface area (Å²) in [7, 11) is 0. The van der Waals surface area contributed by atoms with Crippen LogP contribution in [-0.2, 0) is 0 Å². The highest BCUT2D eigenvalue weighted by Gasteiger charge is 2.35. The summed E-state index contributed by atoms with van der Waals surface area (Å²) in [6.45, 7) is 0.268. The predicted molar refractivity (Wildman–Crippen MR) is 80.2 cm³/mol. The average molecular weight is 341 g/mol. The molecule has 0 unspecified atom stereocenters. The number of benzene rings is 1. The molecule has 1 aromatic heterocycles. The number of H-pyrrole nitrogens is 1. The molecule has 1 aromatic carbocycles. The van der Waals surface area contributed by atoms with E-state index in [1.54, 1.807) is 6.07 Å². The molecule has 3 rings (SSSR count). The van der Waals surface area contributed by atoms with Crippen molar-refractivity contribution in [1.29, 1.82) is 0 Å². The fourth-order valence-corrected chi connectivity index (χ4v) is 3.10. The number of hydrogen-bond acceptors (Lipinski definition) is 3. The highest BCUT2D eigenvalue weighted by molar-refractivity contribution is 6.30. The second-order valence-electron chi connectivity index (χ2n) is 5.50. The van der Waals surface area contributed by atoms with E-state index in [4.69, 9.17) is 16.1 Å². The van der Waals surface area contributed by atoms with Crippen molar-refractivity contribution in [3.05, 3.63) is 56.8 Å². The maximum atomic E-state index is 13.7. The molecule has 0 aliphatic carbocycles. The minimum Gasteiger partial charge on any atom is -0.465 e. The highest BCUT2D eigenvalue weighted by Crippen LogP contribution is 2.39. The van der Waals surface area contributed by atoms with Gasteiger partial charge in [0.05, 0.1) is 11.1 Å². The molecule has 0 radical (unpaired) electrons. The second-order valence-corrected chi connectivity index (χ2v) is 5.91. The number of rotatable bonds is 2. The molecule has 8 heteroatoms. The third-order valence-electron chi connectivity index (χ3n) is 4.12. The summed E-state index contributed by atoms with van der Waals surface area (Å²) >= 11 is 5.69. The zero-order valence-corrected chi connectivity index (χ0v) is 12.7. The largest absolute Gasteiger partial charge is 0.465 e. The molecule has 2 aromatic rings. The van der Waals surface area contributed by atoms with E-state index in [1.165, 1.54) is 23.1 Å². The Bertz CT molecular complexity index is 788. The lowest BCUT2D eigenvalue weighted by Crippen LogP contribution is -2.39. The van der Waals surface area contributed by atoms with Gasteiger partial charge in [0.15, 0.2) is 0 Å². The smallest absolute Gasteiger partial charge is 0.407 e. The van der Waals surface area contributed by atoms with Crippen LogP contribution in [-0.4, -0.2) is 27.8 Å². The van der Waals surface area contributed by atoms with E-state index in [9.17, 15) is 19.1 Å². The van der Waals surface area contributed by atoms with Gasteiger partial charge < -0.3 is 14.5 Å². The number of likely N-dealkylation sites (tertiary alicyclic amines) is 1. The average Bonchev–Trinajstić information content (AvgIpc) is 2.96. The summed E-state index contributed by atoms with van der Waals surface area (Å²) in [4.78, 5) is 24.0. The number of carbonyl (C=O) groups is 1. The molecular formula is C15H14ClFN2O4. The minimum atomic E-state index is -1.07. The summed E-state index contributed by atoms with van der Waals surface area (Å²) in [5.41, 5.74) is 0.187. The van der Waals surface area contributed by atoms with E-state index in [1.807, 2.05) is 0 Å². The molecule has 0 spiro atoms. The Hall–Kier alpha value is -2.28. The topological polar surface area (TPSA) is 86.5 Å². The van der Waals surface area contributed by atoms with Crippen LogP contribution in [0.1, 0.15) is 36.1 Å². The number of aromatic amines is 1. The Labute approximate surface area is 135 Å². The number of nitrogens with zero attached hydrogens (tertiary/aromatic N) is 1. The fourth-order valence-electron chi connectivity index (χ4n) is 2.99. The lowest BCUT2D eigenvalue weighted by molar-refractivity contribution is 0.0967. The number of amides is 1. The van der Waals surface area contributed by atoms with Gasteiger partial charge in [0.25, 0.3) is 5.56 Å². The molecule has 122 valence electrons. The normalized spacial score (nSPS) is 21.4. The number of nitrogens with one attached hydrogen (secondary N) is 1. The Morgan fingerprint density at radius 2 is 2.22 bits per heavy atom. The van der Waals surface area contributed by atoms with E-state index in [0.717, 1.165) is 0 Å². The zero-order chi connectivity index (χ0) is 16.6. The molecule has 1 aliphatic heterocycles. The molecule has 1 amide bonds. The third kappa shape index (κ3) is 3.10. The fraction of sp³-hybridized carbons (Fsp3) is 0.333. The zero-order valence-electron chi connectivity index (χ0n) is 12.0. The Morgan fingerprint density at radius 1 is 1.43 bits per heavy atom. The van der Waals surface area contributed by atoms with Gasteiger partial charge in [-0.2, -0.15) is 5.16 Å². The summed E-state index contributed by atoms with van der Waals surface area (Å²) < 4.78 is 18.9. The van der Waals surface area contributed by atoms with Gasteiger partial charge in [-0.15, -0.1) is 0 Å². The molecule has 2 atom stereocenters. The number of carboxylic acid groups (broad SMARTS) is 1. The Balaban J connectivity index is 1.92. The van der Waals surface area contributed by atoms with Crippen LogP contribution in [0, 0.1) is 5.82 Å². The molecule has 2 N–H and O–H groups in total. The molecule has 1 saturated heterocycles. The van der Waals surface area contributed by atoms with Gasteiger partial charge in [-0.1, -0.05) is 17.7 Å². The van der Waals surface area contributed by atoms with Crippen LogP contribution in [0.5, 0.6) is 0 Å². The van der Waals surface area contributed by atoms with E-state index >= 15 is 0 Å². The van der Waals surface area contributed by atoms with Crippen LogP contribution in [0.4, 0.5) is 9.18 Å². The van der Waals surface area contributed by atoms with Crippen molar-refractivity contribution in [2.45, 2.75) is 24.8 Å². The van der Waals surface area contributed by atoms with Crippen molar-refractivity contribution in [1.82, 2.24) is 10.1 Å². The van der Waals surface area contributed by atoms with E-state index < -0.39 is 18.0 Å². The number of halogens is 2. The molecule has 1 aliphatic rings. The quantitative estimate of drug-likeness (QED) is 0.877. The lowest BCUT2D eigenvalue weighted by atomic mass is 9.86. The van der Waals surface area contributed by atoms with E-state index in [-0.39, 0.29) is 23.0 Å². The van der Waals surface area contributed by atoms with Crippen molar-refractivity contribution in [2.75, 3.05) is 6.54 Å². The van der Waals surface area contributed by atoms with Crippen LogP contribution in [0.25, 0.3) is 0 Å². The third-order valence-corrected chi connectivity index (χ3v) is 4.43. The first-order valence-electron chi connectivity index (χ1n) is 7.08.